The predicted octanol–water partition coefficient (Wildman–Crippen LogP) is 28.6. The van der Waals surface area contributed by atoms with Gasteiger partial charge < -0.3 is 19.1 Å². The van der Waals surface area contributed by atoms with E-state index in [0.29, 0.717) is 0 Å². The molecule has 13 aromatic carbocycles. The van der Waals surface area contributed by atoms with E-state index in [9.17, 15) is 0 Å². The van der Waals surface area contributed by atoms with Gasteiger partial charge in [0.25, 0.3) is 6.71 Å². The van der Waals surface area contributed by atoms with Gasteiger partial charge in [-0.15, -0.1) is 0 Å². The Morgan fingerprint density at radius 1 is 0.261 bits per heavy atom. The molecule has 4 heterocycles. The van der Waals surface area contributed by atoms with Gasteiger partial charge in [0.05, 0.1) is 5.69 Å². The second-order valence-electron chi connectivity index (χ2n) is 39.2. The van der Waals surface area contributed by atoms with Crippen LogP contribution in [0.1, 0.15) is 184 Å². The number of nitrogens with zero attached hydrogens (tertiary/aromatic N) is 1. The molecular formula is C106H105BN2O2. The summed E-state index contributed by atoms with van der Waals surface area (Å²) in [5.74, 6) is 0. The fraction of sp³-hybridized carbons (Fsp3) is 0.264. The molecule has 0 spiro atoms. The first-order valence-corrected chi connectivity index (χ1v) is 40.1. The van der Waals surface area contributed by atoms with Gasteiger partial charge in [0.1, 0.15) is 22.3 Å². The molecular weight excluding hydrogens is 1340 g/mol. The topological polar surface area (TPSA) is 41.6 Å². The third kappa shape index (κ3) is 13.1. The molecule has 5 heteroatoms. The molecule has 0 fully saturated rings. The summed E-state index contributed by atoms with van der Waals surface area (Å²) in [7, 11) is 0. The predicted molar refractivity (Wildman–Crippen MR) is 479 cm³/mol. The van der Waals surface area contributed by atoms with Gasteiger partial charge in [-0.3, -0.25) is 0 Å². The van der Waals surface area contributed by atoms with Crippen molar-refractivity contribution in [2.45, 2.75) is 183 Å². The Hall–Kier alpha value is -10.9. The summed E-state index contributed by atoms with van der Waals surface area (Å²) in [5.41, 5.74) is 36.8. The third-order valence-electron chi connectivity index (χ3n) is 23.9. The summed E-state index contributed by atoms with van der Waals surface area (Å²) < 4.78 is 13.7. The van der Waals surface area contributed by atoms with Crippen molar-refractivity contribution < 1.29 is 8.83 Å². The van der Waals surface area contributed by atoms with Crippen LogP contribution in [0, 0.1) is 0 Å². The van der Waals surface area contributed by atoms with E-state index in [0.717, 1.165) is 117 Å². The first-order valence-electron chi connectivity index (χ1n) is 40.1. The van der Waals surface area contributed by atoms with Crippen molar-refractivity contribution in [3.05, 3.63) is 288 Å². The van der Waals surface area contributed by atoms with Crippen LogP contribution in [0.2, 0.25) is 0 Å². The summed E-state index contributed by atoms with van der Waals surface area (Å²) in [6.07, 6.45) is 0. The van der Waals surface area contributed by atoms with Gasteiger partial charge >= 0.3 is 0 Å². The van der Waals surface area contributed by atoms with E-state index >= 15 is 0 Å². The third-order valence-corrected chi connectivity index (χ3v) is 23.9. The summed E-state index contributed by atoms with van der Waals surface area (Å²) in [6, 6.07) is 95.9. The van der Waals surface area contributed by atoms with Crippen molar-refractivity contribution in [1.82, 2.24) is 0 Å². The molecule has 554 valence electrons. The highest BCUT2D eigenvalue weighted by molar-refractivity contribution is 7.00. The highest BCUT2D eigenvalue weighted by Crippen LogP contribution is 2.54. The normalized spacial score (nSPS) is 13.5. The number of fused-ring (bicyclic) bond motifs is 10. The van der Waals surface area contributed by atoms with Gasteiger partial charge in [-0.05, 0) is 222 Å². The van der Waals surface area contributed by atoms with E-state index in [1.54, 1.807) is 0 Å². The first kappa shape index (κ1) is 73.0. The summed E-state index contributed by atoms with van der Waals surface area (Å²) >= 11 is 0. The van der Waals surface area contributed by atoms with E-state index < -0.39 is 0 Å². The van der Waals surface area contributed by atoms with Crippen LogP contribution in [0.25, 0.3) is 122 Å². The van der Waals surface area contributed by atoms with Crippen LogP contribution in [0.4, 0.5) is 28.4 Å². The van der Waals surface area contributed by atoms with E-state index in [-0.39, 0.29) is 44.6 Å². The zero-order valence-corrected chi connectivity index (χ0v) is 69.0. The minimum atomic E-state index is -0.271. The molecule has 0 saturated carbocycles. The number of anilines is 5. The molecule has 2 aromatic heterocycles. The molecule has 15 aromatic rings. The van der Waals surface area contributed by atoms with Crippen molar-refractivity contribution in [3.63, 3.8) is 0 Å². The zero-order chi connectivity index (χ0) is 78.1. The lowest BCUT2D eigenvalue weighted by Gasteiger charge is -2.43. The van der Waals surface area contributed by atoms with E-state index in [1.165, 1.54) is 88.7 Å². The van der Waals surface area contributed by atoms with Gasteiger partial charge in [0.2, 0.25) is 0 Å². The van der Waals surface area contributed by atoms with Crippen molar-refractivity contribution >= 4 is 95.4 Å². The number of furan rings is 2. The molecule has 0 atom stereocenters. The molecule has 0 bridgehead atoms. The maximum atomic E-state index is 7.12. The van der Waals surface area contributed by atoms with Crippen molar-refractivity contribution in [2.24, 2.45) is 0 Å². The maximum absolute atomic E-state index is 7.12. The second-order valence-corrected chi connectivity index (χ2v) is 39.2. The van der Waals surface area contributed by atoms with Crippen LogP contribution in [-0.4, -0.2) is 6.71 Å². The van der Waals surface area contributed by atoms with Gasteiger partial charge in [-0.25, -0.2) is 0 Å². The number of nitrogens with one attached hydrogen (secondary N) is 1. The number of rotatable bonds is 8. The summed E-state index contributed by atoms with van der Waals surface area (Å²) in [5, 5.41) is 8.79. The molecule has 17 rings (SSSR count). The molecule has 1 N–H and O–H groups in total. The Bertz CT molecular complexity index is 6110. The highest BCUT2D eigenvalue weighted by Gasteiger charge is 2.44. The molecule has 2 aliphatic heterocycles. The maximum Gasteiger partial charge on any atom is 0.252 e. The first-order chi connectivity index (χ1) is 52.4. The Kier molecular flexibility index (Phi) is 17.0. The van der Waals surface area contributed by atoms with Gasteiger partial charge in [-0.2, -0.15) is 0 Å². The Labute approximate surface area is 659 Å². The Balaban J connectivity index is 1.05. The largest absolute Gasteiger partial charge is 0.456 e. The summed E-state index contributed by atoms with van der Waals surface area (Å²) in [6.45, 7) is 49.3. The molecule has 0 saturated heterocycles. The van der Waals surface area contributed by atoms with Crippen molar-refractivity contribution in [1.29, 1.82) is 0 Å². The van der Waals surface area contributed by atoms with Crippen LogP contribution in [0.5, 0.6) is 0 Å². The number of benzene rings is 13. The Morgan fingerprint density at radius 3 is 1.18 bits per heavy atom. The highest BCUT2D eigenvalue weighted by atomic mass is 16.3. The number of para-hydroxylation sites is 2. The van der Waals surface area contributed by atoms with Crippen molar-refractivity contribution in [3.8, 4) is 77.9 Å². The van der Waals surface area contributed by atoms with Crippen LogP contribution >= 0.6 is 0 Å². The van der Waals surface area contributed by atoms with Crippen LogP contribution in [0.3, 0.4) is 0 Å². The number of hydrogen-bond acceptors (Lipinski definition) is 4. The smallest absolute Gasteiger partial charge is 0.252 e. The lowest BCUT2D eigenvalue weighted by Crippen LogP contribution is -2.60. The van der Waals surface area contributed by atoms with E-state index in [2.05, 4.69) is 398 Å². The molecule has 0 radical (unpaired) electrons. The second kappa shape index (κ2) is 25.9. The molecule has 0 aliphatic carbocycles. The monoisotopic (exact) mass is 1450 g/mol. The fourth-order valence-electron chi connectivity index (χ4n) is 17.0. The van der Waals surface area contributed by atoms with Crippen molar-refractivity contribution in [2.75, 3.05) is 10.2 Å². The molecule has 4 nitrogen and oxygen atoms in total. The van der Waals surface area contributed by atoms with Crippen LogP contribution < -0.4 is 26.6 Å². The molecule has 0 amide bonds. The SMILES string of the molecule is CC(C)(C)c1cc(-c2cc3c(c(-c4cc(C(C)(C)C)cc(C(C)(C)C)c4)c2)Nc2cc(-c4cc(-c5ccc6oc7ccccc7c6c5)c5oc6ccccc6c5c4)cc4c2B3c2ccc(-c3cc(C(C)(C)C)cc(C(C)(C)C)c3)cc2N4c2c(-c3ccccc3)cc(C(C)(C)C)cc2-c2ccccc2)cc(C(C)(C)C)c1. The molecule has 111 heavy (non-hydrogen) atoms. The van der Waals surface area contributed by atoms with Gasteiger partial charge in [-0.1, -0.05) is 321 Å². The Morgan fingerprint density at radius 2 is 0.658 bits per heavy atom. The quantitative estimate of drug-likeness (QED) is 0.154. The lowest BCUT2D eigenvalue weighted by molar-refractivity contribution is 0.568. The summed E-state index contributed by atoms with van der Waals surface area (Å²) in [4.78, 5) is 2.72. The fourth-order valence-corrected chi connectivity index (χ4v) is 17.0. The van der Waals surface area contributed by atoms with Gasteiger partial charge in [0, 0.05) is 66.5 Å². The minimum Gasteiger partial charge on any atom is -0.456 e. The molecule has 2 aliphatic rings. The van der Waals surface area contributed by atoms with Crippen LogP contribution in [0.15, 0.2) is 258 Å². The molecule has 0 unspecified atom stereocenters. The number of hydrogen-bond donors (Lipinski definition) is 1. The minimum absolute atomic E-state index is 0.118. The van der Waals surface area contributed by atoms with E-state index in [4.69, 9.17) is 8.83 Å². The van der Waals surface area contributed by atoms with Gasteiger partial charge in [0.15, 0.2) is 0 Å². The standard InChI is InChI=1S/C106H105BN2O2/c1-100(2,3)73-44-67(45-74(58-73)101(4,5)6)65-40-42-88-91(56-65)109(98-83(63-32-24-22-25-33-63)61-79(106(19,20)21)62-84(98)64-34-26-23-27-35-64)92-57-71(69-52-85(99-87(53-69)81-37-29-31-39-94(81)111-99)66-41-43-95-86(50-66)80-36-28-30-38-93(80)110-95)55-90-96(92)107(88)89-54-70(68-46-75(102(7,8)9)59-76(47-68)103(10,11)12)51-82(97(89)108-90)72-48-77(104(13,14)15)60-78(49-72)105(16,17)18/h22-62,108H,1-21H3. The average molecular weight is 1450 g/mol. The van der Waals surface area contributed by atoms with Crippen LogP contribution in [-0.2, 0) is 37.9 Å². The average Bonchev–Trinajstić information content (AvgIpc) is 1.19. The lowest BCUT2D eigenvalue weighted by atomic mass is 9.33. The zero-order valence-electron chi connectivity index (χ0n) is 69.0. The van der Waals surface area contributed by atoms with E-state index in [1.807, 2.05) is 6.07 Å².